The Morgan fingerprint density at radius 1 is 1.33 bits per heavy atom. The van der Waals surface area contributed by atoms with Crippen LogP contribution in [0.4, 0.5) is 4.79 Å². The molecule has 0 radical (unpaired) electrons. The van der Waals surface area contributed by atoms with E-state index in [2.05, 4.69) is 4.74 Å². The zero-order chi connectivity index (χ0) is 11.9. The summed E-state index contributed by atoms with van der Waals surface area (Å²) in [6.07, 6.45) is 2.76. The van der Waals surface area contributed by atoms with Crippen molar-refractivity contribution in [3.63, 3.8) is 0 Å². The molecule has 0 aromatic rings. The number of esters is 1. The van der Waals surface area contributed by atoms with Gasteiger partial charge < -0.3 is 15.2 Å². The summed E-state index contributed by atoms with van der Waals surface area (Å²) in [5.41, 5.74) is 4.33. The molecule has 0 fully saturated rings. The third-order valence-corrected chi connectivity index (χ3v) is 1.72. The summed E-state index contributed by atoms with van der Waals surface area (Å²) in [6, 6.07) is 0. The molecule has 0 rings (SSSR count). The summed E-state index contributed by atoms with van der Waals surface area (Å²) >= 11 is 0. The lowest BCUT2D eigenvalue weighted by atomic mass is 9.92. The van der Waals surface area contributed by atoms with Crippen molar-refractivity contribution < 1.29 is 19.1 Å². The molecule has 0 spiro atoms. The molecule has 15 heavy (non-hydrogen) atoms. The van der Waals surface area contributed by atoms with E-state index in [0.717, 1.165) is 0 Å². The fraction of sp³-hybridized carbons (Fsp3) is 0.600. The topological polar surface area (TPSA) is 78.6 Å². The van der Waals surface area contributed by atoms with Crippen molar-refractivity contribution in [3.05, 3.63) is 12.2 Å². The quantitative estimate of drug-likeness (QED) is 0.552. The third kappa shape index (κ3) is 6.54. The highest BCUT2D eigenvalue weighted by Crippen LogP contribution is 2.19. The monoisotopic (exact) mass is 215 g/mol. The predicted molar refractivity (Wildman–Crippen MR) is 55.1 cm³/mol. The number of hydrogen-bond donors (Lipinski definition) is 1. The molecule has 2 N–H and O–H groups in total. The van der Waals surface area contributed by atoms with Crippen LogP contribution in [-0.2, 0) is 14.3 Å². The summed E-state index contributed by atoms with van der Waals surface area (Å²) < 4.78 is 9.56. The number of amides is 1. The molecule has 0 bridgehead atoms. The lowest BCUT2D eigenvalue weighted by Crippen LogP contribution is -2.30. The number of primary amides is 1. The standard InChI is InChI=1S/C10H17NO4/c1-4-5-10(3,6-14-8(2)12)7-15-9(11)13/h4-5H,6-7H2,1-3H3,(H2,11,13). The zero-order valence-electron chi connectivity index (χ0n) is 9.28. The van der Waals surface area contributed by atoms with E-state index in [4.69, 9.17) is 10.5 Å². The summed E-state index contributed by atoms with van der Waals surface area (Å²) in [7, 11) is 0. The molecule has 5 heteroatoms. The van der Waals surface area contributed by atoms with Gasteiger partial charge in [-0.05, 0) is 13.8 Å². The number of nitrogens with two attached hydrogens (primary N) is 1. The SMILES string of the molecule is CC=CC(C)(COC(C)=O)COC(N)=O. The summed E-state index contributed by atoms with van der Waals surface area (Å²) in [4.78, 5) is 21.1. The Hall–Kier alpha value is -1.52. The number of ether oxygens (including phenoxy) is 2. The van der Waals surface area contributed by atoms with Gasteiger partial charge in [0.15, 0.2) is 0 Å². The van der Waals surface area contributed by atoms with Crippen LogP contribution < -0.4 is 5.73 Å². The fourth-order valence-electron chi connectivity index (χ4n) is 1.04. The highest BCUT2D eigenvalue weighted by Gasteiger charge is 2.24. The molecular formula is C10H17NO4. The van der Waals surface area contributed by atoms with Crippen molar-refractivity contribution in [1.29, 1.82) is 0 Å². The molecule has 0 aliphatic heterocycles. The van der Waals surface area contributed by atoms with Gasteiger partial charge in [-0.1, -0.05) is 12.2 Å². The second kappa shape index (κ2) is 6.06. The van der Waals surface area contributed by atoms with Gasteiger partial charge in [-0.25, -0.2) is 4.79 Å². The van der Waals surface area contributed by atoms with E-state index < -0.39 is 11.5 Å². The molecule has 0 aliphatic rings. The van der Waals surface area contributed by atoms with Gasteiger partial charge in [-0.3, -0.25) is 4.79 Å². The number of allylic oxidation sites excluding steroid dienone is 1. The van der Waals surface area contributed by atoms with Crippen molar-refractivity contribution in [1.82, 2.24) is 0 Å². The maximum absolute atomic E-state index is 10.7. The lowest BCUT2D eigenvalue weighted by molar-refractivity contribution is -0.143. The second-order valence-corrected chi connectivity index (χ2v) is 3.54. The first-order valence-electron chi connectivity index (χ1n) is 4.59. The van der Waals surface area contributed by atoms with Gasteiger partial charge in [0.2, 0.25) is 0 Å². The van der Waals surface area contributed by atoms with Crippen molar-refractivity contribution in [2.45, 2.75) is 20.8 Å². The first-order chi connectivity index (χ1) is 6.89. The molecule has 0 aromatic carbocycles. The first kappa shape index (κ1) is 13.5. The maximum Gasteiger partial charge on any atom is 0.404 e. The van der Waals surface area contributed by atoms with E-state index in [1.54, 1.807) is 19.1 Å². The highest BCUT2D eigenvalue weighted by molar-refractivity contribution is 5.66. The van der Waals surface area contributed by atoms with Gasteiger partial charge in [0.25, 0.3) is 0 Å². The molecule has 0 aromatic heterocycles. The van der Waals surface area contributed by atoms with E-state index in [9.17, 15) is 9.59 Å². The molecule has 1 unspecified atom stereocenters. The van der Waals surface area contributed by atoms with E-state index in [-0.39, 0.29) is 19.2 Å². The Balaban J connectivity index is 4.30. The summed E-state index contributed by atoms with van der Waals surface area (Å²) in [6.45, 7) is 5.19. The number of carbonyl (C=O) groups is 2. The van der Waals surface area contributed by atoms with E-state index >= 15 is 0 Å². The Morgan fingerprint density at radius 2 is 1.87 bits per heavy atom. The molecule has 1 atom stereocenters. The van der Waals surface area contributed by atoms with E-state index in [1.165, 1.54) is 6.92 Å². The van der Waals surface area contributed by atoms with Gasteiger partial charge in [-0.15, -0.1) is 0 Å². The van der Waals surface area contributed by atoms with Crippen molar-refractivity contribution in [2.75, 3.05) is 13.2 Å². The molecular weight excluding hydrogens is 198 g/mol. The lowest BCUT2D eigenvalue weighted by Gasteiger charge is -2.24. The molecule has 0 saturated carbocycles. The van der Waals surface area contributed by atoms with Gasteiger partial charge >= 0.3 is 12.1 Å². The summed E-state index contributed by atoms with van der Waals surface area (Å²) in [5.74, 6) is -0.371. The van der Waals surface area contributed by atoms with Crippen LogP contribution in [0.5, 0.6) is 0 Å². The van der Waals surface area contributed by atoms with Gasteiger partial charge in [0, 0.05) is 6.92 Å². The number of hydrogen-bond acceptors (Lipinski definition) is 4. The fourth-order valence-corrected chi connectivity index (χ4v) is 1.04. The predicted octanol–water partition coefficient (Wildman–Crippen LogP) is 1.23. The van der Waals surface area contributed by atoms with Crippen LogP contribution in [0.3, 0.4) is 0 Å². The highest BCUT2D eigenvalue weighted by atomic mass is 16.6. The molecule has 1 amide bonds. The van der Waals surface area contributed by atoms with Crippen LogP contribution in [0, 0.1) is 5.41 Å². The largest absolute Gasteiger partial charge is 0.465 e. The Morgan fingerprint density at radius 3 is 2.27 bits per heavy atom. The average Bonchev–Trinajstić information content (AvgIpc) is 2.13. The first-order valence-corrected chi connectivity index (χ1v) is 4.59. The van der Waals surface area contributed by atoms with Crippen LogP contribution in [0.1, 0.15) is 20.8 Å². The van der Waals surface area contributed by atoms with Crippen molar-refractivity contribution in [3.8, 4) is 0 Å². The Kier molecular flexibility index (Phi) is 5.44. The number of rotatable bonds is 5. The van der Waals surface area contributed by atoms with Crippen LogP contribution in [0.15, 0.2) is 12.2 Å². The normalized spacial score (nSPS) is 14.6. The molecule has 0 aliphatic carbocycles. The zero-order valence-corrected chi connectivity index (χ0v) is 9.28. The minimum Gasteiger partial charge on any atom is -0.465 e. The maximum atomic E-state index is 10.7. The van der Waals surface area contributed by atoms with Gasteiger partial charge in [-0.2, -0.15) is 0 Å². The molecule has 5 nitrogen and oxygen atoms in total. The van der Waals surface area contributed by atoms with Crippen molar-refractivity contribution >= 4 is 12.1 Å². The van der Waals surface area contributed by atoms with Crippen LogP contribution >= 0.6 is 0 Å². The van der Waals surface area contributed by atoms with Crippen LogP contribution in [-0.4, -0.2) is 25.3 Å². The van der Waals surface area contributed by atoms with Gasteiger partial charge in [0.1, 0.15) is 13.2 Å². The smallest absolute Gasteiger partial charge is 0.404 e. The Bertz CT molecular complexity index is 242. The van der Waals surface area contributed by atoms with Crippen LogP contribution in [0.25, 0.3) is 0 Å². The molecule has 0 saturated heterocycles. The molecule has 86 valence electrons. The minimum atomic E-state index is -0.839. The van der Waals surface area contributed by atoms with Crippen LogP contribution in [0.2, 0.25) is 0 Å². The minimum absolute atomic E-state index is 0.0833. The molecule has 0 heterocycles. The van der Waals surface area contributed by atoms with Crippen molar-refractivity contribution in [2.24, 2.45) is 11.1 Å². The Labute approximate surface area is 89.2 Å². The third-order valence-electron chi connectivity index (χ3n) is 1.72. The number of carbonyl (C=O) groups excluding carboxylic acids is 2. The average molecular weight is 215 g/mol. The van der Waals surface area contributed by atoms with E-state index in [0.29, 0.717) is 0 Å². The summed E-state index contributed by atoms with van der Waals surface area (Å²) in [5, 5.41) is 0. The second-order valence-electron chi connectivity index (χ2n) is 3.54. The van der Waals surface area contributed by atoms with Gasteiger partial charge in [0.05, 0.1) is 5.41 Å². The van der Waals surface area contributed by atoms with E-state index in [1.807, 2.05) is 6.92 Å².